The number of esters is 1. The van der Waals surface area contributed by atoms with Crippen molar-refractivity contribution >= 4 is 29.4 Å². The van der Waals surface area contributed by atoms with Gasteiger partial charge in [0, 0.05) is 31.1 Å². The Kier molecular flexibility index (Phi) is 15.0. The highest BCUT2D eigenvalue weighted by molar-refractivity contribution is 6.03. The van der Waals surface area contributed by atoms with Crippen molar-refractivity contribution in [3.63, 3.8) is 0 Å². The molecule has 1 fully saturated rings. The quantitative estimate of drug-likeness (QED) is 0.0580. The third-order valence-corrected chi connectivity index (χ3v) is 11.2. The second-order valence-electron chi connectivity index (χ2n) is 15.7. The summed E-state index contributed by atoms with van der Waals surface area (Å²) >= 11 is 0. The molecule has 66 heavy (non-hydrogen) atoms. The number of benzene rings is 5. The number of anilines is 1. The van der Waals surface area contributed by atoms with Gasteiger partial charge in [-0.05, 0) is 89.3 Å². The number of aromatic hydroxyl groups is 1. The Balaban J connectivity index is 1.08. The van der Waals surface area contributed by atoms with Crippen molar-refractivity contribution in [2.45, 2.75) is 63.2 Å². The van der Waals surface area contributed by atoms with E-state index in [9.17, 15) is 29.1 Å². The highest BCUT2D eigenvalue weighted by Crippen LogP contribution is 2.43. The maximum absolute atomic E-state index is 13.6. The van der Waals surface area contributed by atoms with Crippen molar-refractivity contribution < 1.29 is 48.0 Å². The zero-order valence-electron chi connectivity index (χ0n) is 36.7. The summed E-state index contributed by atoms with van der Waals surface area (Å²) in [5, 5.41) is 15.0. The summed E-state index contributed by atoms with van der Waals surface area (Å²) in [6, 6.07) is 39.2. The van der Waals surface area contributed by atoms with Gasteiger partial charge in [-0.25, -0.2) is 4.79 Å². The molecule has 15 heteroatoms. The summed E-state index contributed by atoms with van der Waals surface area (Å²) in [5.41, 5.74) is 2.20. The van der Waals surface area contributed by atoms with E-state index in [0.717, 1.165) is 27.8 Å². The Labute approximate surface area is 381 Å². The van der Waals surface area contributed by atoms with Gasteiger partial charge in [0.15, 0.2) is 0 Å². The number of amides is 2. The molecular weight excluding hydrogens is 845 g/mol. The third kappa shape index (κ3) is 11.4. The zero-order valence-corrected chi connectivity index (χ0v) is 36.7. The van der Waals surface area contributed by atoms with E-state index in [1.165, 1.54) is 35.9 Å². The summed E-state index contributed by atoms with van der Waals surface area (Å²) in [4.78, 5) is 68.2. The minimum Gasteiger partial charge on any atom is -0.508 e. The van der Waals surface area contributed by atoms with Crippen LogP contribution >= 0.6 is 0 Å². The number of carbonyl (C=O) groups excluding carboxylic acids is 4. The molecule has 0 bridgehead atoms. The van der Waals surface area contributed by atoms with E-state index in [1.807, 2.05) is 78.9 Å². The fourth-order valence-electron chi connectivity index (χ4n) is 7.66. The first-order valence-electron chi connectivity index (χ1n) is 21.3. The van der Waals surface area contributed by atoms with Crippen molar-refractivity contribution in [2.75, 3.05) is 26.1 Å². The zero-order chi connectivity index (χ0) is 46.6. The fraction of sp³-hybridized carbons (Fsp3) is 0.255. The number of ketones is 1. The van der Waals surface area contributed by atoms with Gasteiger partial charge in [-0.1, -0.05) is 78.9 Å². The Hall–Kier alpha value is -7.62. The normalized spacial score (nSPS) is 15.7. The molecule has 0 aliphatic carbocycles. The molecule has 2 amide bonds. The molecule has 15 nitrogen and oxygen atoms in total. The number of nitrogens with one attached hydrogen (secondary N) is 2. The van der Waals surface area contributed by atoms with E-state index in [4.69, 9.17) is 23.7 Å². The maximum Gasteiger partial charge on any atom is 0.351 e. The van der Waals surface area contributed by atoms with Crippen LogP contribution in [-0.2, 0) is 47.2 Å². The Morgan fingerprint density at radius 2 is 1.38 bits per heavy atom. The summed E-state index contributed by atoms with van der Waals surface area (Å²) in [6.45, 7) is 1.52. The van der Waals surface area contributed by atoms with Crippen LogP contribution in [0.1, 0.15) is 70.6 Å². The smallest absolute Gasteiger partial charge is 0.351 e. The number of rotatable bonds is 19. The largest absolute Gasteiger partial charge is 0.508 e. The number of hydrogen-bond donors (Lipinski definition) is 3. The van der Waals surface area contributed by atoms with Gasteiger partial charge >= 0.3 is 11.7 Å². The molecule has 7 rings (SSSR count). The van der Waals surface area contributed by atoms with Crippen LogP contribution in [0.2, 0.25) is 0 Å². The highest BCUT2D eigenvalue weighted by Gasteiger charge is 2.44. The van der Waals surface area contributed by atoms with E-state index in [1.54, 1.807) is 50.6 Å². The van der Waals surface area contributed by atoms with Gasteiger partial charge < -0.3 is 44.2 Å². The first-order valence-corrected chi connectivity index (χ1v) is 21.3. The van der Waals surface area contributed by atoms with E-state index in [0.29, 0.717) is 17.1 Å². The standard InChI is InChI=1S/C51H50N4O11/c1-33(56)9-26-48(59)66-43-30-47(55-28-27-45(54-50(55)61)53-49(60)36-14-10-35(11-15-36)31-52-46(58)29-34-12-20-40(57)21-13-34)65-44(43)32-64-51(37-7-5-4-6-8-37,38-16-22-41(62-2)23-17-38)39-18-24-42(63-3)25-19-39/h4-8,10-25,27-28,43-44,47,57H,9,26,29-32H2,1-3H3,(H,52,58)(H,53,54,60,61)/t43?,44-,47-/m1/s1. The van der Waals surface area contributed by atoms with Crippen LogP contribution in [-0.4, -0.2) is 71.3 Å². The lowest BCUT2D eigenvalue weighted by molar-refractivity contribution is -0.156. The Morgan fingerprint density at radius 1 is 0.773 bits per heavy atom. The highest BCUT2D eigenvalue weighted by atomic mass is 16.6. The molecule has 1 aliphatic heterocycles. The van der Waals surface area contributed by atoms with Gasteiger partial charge in [0.25, 0.3) is 5.91 Å². The van der Waals surface area contributed by atoms with Crippen molar-refractivity contribution in [2.24, 2.45) is 0 Å². The molecule has 0 radical (unpaired) electrons. The number of carbonyl (C=O) groups is 4. The summed E-state index contributed by atoms with van der Waals surface area (Å²) < 4.78 is 31.7. The molecule has 1 aliphatic rings. The van der Waals surface area contributed by atoms with Crippen LogP contribution in [0.15, 0.2) is 144 Å². The number of hydrogen-bond acceptors (Lipinski definition) is 12. The lowest BCUT2D eigenvalue weighted by Gasteiger charge is -2.37. The van der Waals surface area contributed by atoms with Gasteiger partial charge in [-0.2, -0.15) is 4.98 Å². The van der Waals surface area contributed by atoms with E-state index in [2.05, 4.69) is 15.6 Å². The van der Waals surface area contributed by atoms with Crippen LogP contribution in [0.4, 0.5) is 5.82 Å². The summed E-state index contributed by atoms with van der Waals surface area (Å²) in [5.74, 6) is -0.0458. The molecular formula is C51H50N4O11. The third-order valence-electron chi connectivity index (χ3n) is 11.2. The monoisotopic (exact) mass is 894 g/mol. The molecule has 340 valence electrons. The predicted octanol–water partition coefficient (Wildman–Crippen LogP) is 6.65. The topological polar surface area (TPSA) is 194 Å². The SMILES string of the molecule is COc1ccc(C(OC[C@H]2O[C@@H](n3ccc(NC(=O)c4ccc(CNC(=O)Cc5ccc(O)cc5)cc4)nc3=O)CC2OC(=O)CCC(C)=O)(c2ccccc2)c2ccc(OC)cc2)cc1. The van der Waals surface area contributed by atoms with Crippen molar-refractivity contribution in [1.82, 2.24) is 14.9 Å². The molecule has 6 aromatic rings. The van der Waals surface area contributed by atoms with E-state index < -0.39 is 41.6 Å². The number of nitrogens with zero attached hydrogens (tertiary/aromatic N) is 2. The van der Waals surface area contributed by atoms with E-state index >= 15 is 0 Å². The first-order chi connectivity index (χ1) is 31.9. The molecule has 0 saturated carbocycles. The van der Waals surface area contributed by atoms with Crippen LogP contribution in [0.5, 0.6) is 17.2 Å². The van der Waals surface area contributed by atoms with E-state index in [-0.39, 0.29) is 62.1 Å². The van der Waals surface area contributed by atoms with Gasteiger partial charge in [0.2, 0.25) is 5.91 Å². The van der Waals surface area contributed by atoms with Crippen molar-refractivity contribution in [3.05, 3.63) is 184 Å². The molecule has 1 unspecified atom stereocenters. The number of phenolic OH excluding ortho intramolecular Hbond substituents is 1. The fourth-order valence-corrected chi connectivity index (χ4v) is 7.66. The minimum atomic E-state index is -1.23. The Bertz CT molecular complexity index is 2620. The van der Waals surface area contributed by atoms with Crippen molar-refractivity contribution in [1.29, 1.82) is 0 Å². The molecule has 5 aromatic carbocycles. The van der Waals surface area contributed by atoms with Crippen molar-refractivity contribution in [3.8, 4) is 17.2 Å². The minimum absolute atomic E-state index is 0.00328. The Morgan fingerprint density at radius 3 is 1.97 bits per heavy atom. The van der Waals surface area contributed by atoms with Crippen LogP contribution in [0, 0.1) is 0 Å². The average molecular weight is 895 g/mol. The summed E-state index contributed by atoms with van der Waals surface area (Å²) in [7, 11) is 3.18. The molecule has 0 spiro atoms. The molecule has 2 heterocycles. The number of Topliss-reactive ketones (excluding diaryl/α,β-unsaturated/α-hetero) is 1. The van der Waals surface area contributed by atoms with Gasteiger partial charge in [0.1, 0.15) is 52.9 Å². The average Bonchev–Trinajstić information content (AvgIpc) is 3.73. The number of aromatic nitrogens is 2. The number of ether oxygens (including phenoxy) is 5. The first kappa shape index (κ1) is 46.4. The second kappa shape index (κ2) is 21.4. The predicted molar refractivity (Wildman–Crippen MR) is 243 cm³/mol. The molecule has 3 atom stereocenters. The van der Waals surface area contributed by atoms with Gasteiger partial charge in [0.05, 0.1) is 33.7 Å². The van der Waals surface area contributed by atoms with Crippen LogP contribution in [0.25, 0.3) is 0 Å². The number of methoxy groups -OCH3 is 2. The van der Waals surface area contributed by atoms with Crippen LogP contribution in [0.3, 0.4) is 0 Å². The lowest BCUT2D eigenvalue weighted by Crippen LogP contribution is -2.39. The second-order valence-corrected chi connectivity index (χ2v) is 15.7. The van der Waals surface area contributed by atoms with Crippen LogP contribution < -0.4 is 25.8 Å². The lowest BCUT2D eigenvalue weighted by atomic mass is 9.80. The molecule has 3 N–H and O–H groups in total. The maximum atomic E-state index is 13.6. The van der Waals surface area contributed by atoms with Gasteiger partial charge in [-0.3, -0.25) is 19.0 Å². The number of phenols is 1. The summed E-state index contributed by atoms with van der Waals surface area (Å²) in [6.07, 6.45) is -1.21. The molecule has 1 aromatic heterocycles. The molecule has 1 saturated heterocycles. The van der Waals surface area contributed by atoms with Gasteiger partial charge in [-0.15, -0.1) is 0 Å².